The van der Waals surface area contributed by atoms with Crippen molar-refractivity contribution in [3.05, 3.63) is 29.2 Å². The highest BCUT2D eigenvalue weighted by atomic mass is 35.5. The number of imidazole rings is 1. The maximum absolute atomic E-state index is 6.32. The topological polar surface area (TPSA) is 83.4 Å². The molecule has 0 bridgehead atoms. The summed E-state index contributed by atoms with van der Waals surface area (Å²) in [5.74, 6) is 2.23. The van der Waals surface area contributed by atoms with Crippen LogP contribution in [0.15, 0.2) is 18.2 Å². The first-order valence-corrected chi connectivity index (χ1v) is 7.34. The fourth-order valence-corrected chi connectivity index (χ4v) is 2.53. The molecule has 1 aromatic carbocycles. The van der Waals surface area contributed by atoms with Crippen molar-refractivity contribution in [3.8, 4) is 11.3 Å². The van der Waals surface area contributed by atoms with E-state index in [1.165, 1.54) is 0 Å². The van der Waals surface area contributed by atoms with Gasteiger partial charge >= 0.3 is 0 Å². The van der Waals surface area contributed by atoms with Crippen LogP contribution in [0.5, 0.6) is 0 Å². The molecule has 21 heavy (non-hydrogen) atoms. The minimum Gasteiger partial charge on any atom is -0.382 e. The van der Waals surface area contributed by atoms with Gasteiger partial charge in [0.1, 0.15) is 16.7 Å². The van der Waals surface area contributed by atoms with Crippen LogP contribution in [-0.2, 0) is 0 Å². The fraction of sp³-hybridized carbons (Fsp3) is 0.333. The van der Waals surface area contributed by atoms with E-state index >= 15 is 0 Å². The zero-order valence-electron chi connectivity index (χ0n) is 12.2. The Balaban J connectivity index is 2.05. The highest BCUT2D eigenvalue weighted by Crippen LogP contribution is 2.32. The van der Waals surface area contributed by atoms with E-state index in [1.54, 1.807) is 0 Å². The van der Waals surface area contributed by atoms with Gasteiger partial charge < -0.3 is 10.7 Å². The number of nitrogens with two attached hydrogens (primary N) is 1. The smallest absolute Gasteiger partial charge is 0.153 e. The van der Waals surface area contributed by atoms with Gasteiger partial charge in [0.25, 0.3) is 0 Å². The minimum atomic E-state index is 0.322. The second-order valence-corrected chi connectivity index (χ2v) is 6.06. The van der Waals surface area contributed by atoms with Crippen molar-refractivity contribution in [2.24, 2.45) is 5.92 Å². The molecular formula is C15H18ClN5. The first-order chi connectivity index (χ1) is 9.97. The van der Waals surface area contributed by atoms with E-state index in [4.69, 9.17) is 17.3 Å². The molecule has 0 fully saturated rings. The van der Waals surface area contributed by atoms with Gasteiger partial charge in [-0.05, 0) is 18.1 Å². The summed E-state index contributed by atoms with van der Waals surface area (Å²) < 4.78 is 0. The van der Waals surface area contributed by atoms with Crippen molar-refractivity contribution in [2.75, 3.05) is 5.73 Å². The van der Waals surface area contributed by atoms with Gasteiger partial charge in [-0.25, -0.2) is 4.98 Å². The van der Waals surface area contributed by atoms with E-state index < -0.39 is 0 Å². The molecule has 3 rings (SSSR count). The largest absolute Gasteiger partial charge is 0.382 e. The Morgan fingerprint density at radius 3 is 2.71 bits per heavy atom. The molecule has 0 aliphatic carbocycles. The van der Waals surface area contributed by atoms with Gasteiger partial charge in [-0.15, -0.1) is 0 Å². The molecule has 6 heteroatoms. The Labute approximate surface area is 127 Å². The molecule has 0 amide bonds. The normalized spacial score (nSPS) is 13.2. The summed E-state index contributed by atoms with van der Waals surface area (Å²) in [5.41, 5.74) is 8.36. The molecule has 0 spiro atoms. The quantitative estimate of drug-likeness (QED) is 0.685. The Bertz CT molecular complexity index is 787. The molecule has 0 aliphatic rings. The van der Waals surface area contributed by atoms with Crippen LogP contribution in [0.25, 0.3) is 22.2 Å². The van der Waals surface area contributed by atoms with E-state index in [9.17, 15) is 0 Å². The summed E-state index contributed by atoms with van der Waals surface area (Å²) in [4.78, 5) is 7.84. The third kappa shape index (κ3) is 2.38. The second-order valence-electron chi connectivity index (χ2n) is 5.69. The van der Waals surface area contributed by atoms with E-state index in [-0.39, 0.29) is 0 Å². The third-order valence-corrected chi connectivity index (χ3v) is 4.25. The number of rotatable bonds is 3. The molecule has 3 aromatic rings. The number of aromatic nitrogens is 4. The molecule has 0 aliphatic heterocycles. The van der Waals surface area contributed by atoms with E-state index in [0.717, 1.165) is 28.0 Å². The zero-order valence-corrected chi connectivity index (χ0v) is 13.0. The Hall–Kier alpha value is -2.01. The average Bonchev–Trinajstić information content (AvgIpc) is 3.01. The highest BCUT2D eigenvalue weighted by Gasteiger charge is 2.18. The van der Waals surface area contributed by atoms with E-state index in [0.29, 0.717) is 22.8 Å². The van der Waals surface area contributed by atoms with Gasteiger partial charge in [-0.1, -0.05) is 38.4 Å². The maximum atomic E-state index is 6.32. The number of H-pyrrole nitrogens is 2. The zero-order chi connectivity index (χ0) is 15.1. The van der Waals surface area contributed by atoms with Gasteiger partial charge in [-0.2, -0.15) is 5.10 Å². The van der Waals surface area contributed by atoms with Crippen molar-refractivity contribution < 1.29 is 0 Å². The van der Waals surface area contributed by atoms with Crippen LogP contribution < -0.4 is 5.73 Å². The third-order valence-electron chi connectivity index (χ3n) is 3.98. The molecule has 2 heterocycles. The lowest BCUT2D eigenvalue weighted by molar-refractivity contribution is 0.514. The van der Waals surface area contributed by atoms with Crippen LogP contribution in [-0.4, -0.2) is 20.2 Å². The van der Waals surface area contributed by atoms with Crippen molar-refractivity contribution in [1.82, 2.24) is 20.2 Å². The van der Waals surface area contributed by atoms with Crippen molar-refractivity contribution in [3.63, 3.8) is 0 Å². The van der Waals surface area contributed by atoms with Gasteiger partial charge in [0.05, 0.1) is 5.52 Å². The van der Waals surface area contributed by atoms with E-state index in [2.05, 4.69) is 40.9 Å². The maximum Gasteiger partial charge on any atom is 0.153 e. The number of aromatic amines is 2. The number of hydrogen-bond donors (Lipinski definition) is 3. The molecule has 1 unspecified atom stereocenters. The molecular weight excluding hydrogens is 286 g/mol. The number of anilines is 1. The first kappa shape index (κ1) is 13.9. The number of nitrogens with zero attached hydrogens (tertiary/aromatic N) is 2. The lowest BCUT2D eigenvalue weighted by Crippen LogP contribution is -2.03. The van der Waals surface area contributed by atoms with Gasteiger partial charge in [0.2, 0.25) is 0 Å². The number of halogens is 1. The predicted molar refractivity (Wildman–Crippen MR) is 86.4 cm³/mol. The first-order valence-electron chi connectivity index (χ1n) is 6.96. The number of nitrogens with one attached hydrogen (secondary N) is 2. The summed E-state index contributed by atoms with van der Waals surface area (Å²) in [6, 6.07) is 5.85. The molecule has 4 N–H and O–H groups in total. The molecule has 5 nitrogen and oxygen atoms in total. The van der Waals surface area contributed by atoms with Crippen molar-refractivity contribution >= 4 is 28.3 Å². The summed E-state index contributed by atoms with van der Waals surface area (Å²) >= 11 is 6.32. The van der Waals surface area contributed by atoms with Crippen LogP contribution in [0.3, 0.4) is 0 Å². The van der Waals surface area contributed by atoms with Crippen LogP contribution >= 0.6 is 11.6 Å². The monoisotopic (exact) mass is 303 g/mol. The summed E-state index contributed by atoms with van der Waals surface area (Å²) in [6.45, 7) is 6.47. The lowest BCUT2D eigenvalue weighted by Gasteiger charge is -2.11. The standard InChI is InChI=1S/C15H18ClN5/c1-7(2)8(3)15-18-12(13(16)19-15)9-4-5-10-11(6-9)20-21-14(10)17/h4-8H,1-3H3,(H,18,19)(H3,17,20,21). The van der Waals surface area contributed by atoms with Gasteiger partial charge in [0.15, 0.2) is 5.82 Å². The fourth-order valence-electron chi connectivity index (χ4n) is 2.28. The summed E-state index contributed by atoms with van der Waals surface area (Å²) in [7, 11) is 0. The Kier molecular flexibility index (Phi) is 3.37. The molecule has 0 radical (unpaired) electrons. The van der Waals surface area contributed by atoms with Crippen LogP contribution in [0, 0.1) is 5.92 Å². The number of fused-ring (bicyclic) bond motifs is 1. The Morgan fingerprint density at radius 1 is 1.24 bits per heavy atom. The van der Waals surface area contributed by atoms with Crippen molar-refractivity contribution in [1.29, 1.82) is 0 Å². The van der Waals surface area contributed by atoms with Gasteiger partial charge in [0, 0.05) is 16.9 Å². The average molecular weight is 304 g/mol. The molecule has 1 atom stereocenters. The lowest BCUT2D eigenvalue weighted by atomic mass is 9.98. The highest BCUT2D eigenvalue weighted by molar-refractivity contribution is 6.32. The van der Waals surface area contributed by atoms with E-state index in [1.807, 2.05) is 18.2 Å². The number of nitrogen functional groups attached to an aromatic ring is 1. The molecule has 0 saturated heterocycles. The van der Waals surface area contributed by atoms with Crippen LogP contribution in [0.4, 0.5) is 5.82 Å². The summed E-state index contributed by atoms with van der Waals surface area (Å²) in [5, 5.41) is 8.37. The molecule has 0 saturated carbocycles. The number of benzene rings is 1. The predicted octanol–water partition coefficient (Wildman–Crippen LogP) is 3.95. The minimum absolute atomic E-state index is 0.322. The number of hydrogen-bond acceptors (Lipinski definition) is 3. The van der Waals surface area contributed by atoms with Crippen molar-refractivity contribution in [2.45, 2.75) is 26.7 Å². The Morgan fingerprint density at radius 2 is 2.00 bits per heavy atom. The van der Waals surface area contributed by atoms with Crippen LogP contribution in [0.1, 0.15) is 32.5 Å². The van der Waals surface area contributed by atoms with Crippen LogP contribution in [0.2, 0.25) is 5.15 Å². The second kappa shape index (κ2) is 5.07. The molecule has 2 aromatic heterocycles. The van der Waals surface area contributed by atoms with Gasteiger partial charge in [-0.3, -0.25) is 5.10 Å². The SMILES string of the molecule is CC(C)C(C)c1nc(-c2ccc3c(N)n[nH]c3c2)c(Cl)[nH]1. The summed E-state index contributed by atoms with van der Waals surface area (Å²) in [6.07, 6.45) is 0. The molecule has 110 valence electrons.